The van der Waals surface area contributed by atoms with Gasteiger partial charge >= 0.3 is 0 Å². The van der Waals surface area contributed by atoms with Crippen molar-refractivity contribution >= 4 is 5.57 Å². The minimum Gasteiger partial charge on any atom is -0.393 e. The summed E-state index contributed by atoms with van der Waals surface area (Å²) >= 11 is 0. The van der Waals surface area contributed by atoms with Gasteiger partial charge in [-0.2, -0.15) is 0 Å². The first-order valence-electron chi connectivity index (χ1n) is 7.43. The second-order valence-electron chi connectivity index (χ2n) is 4.64. The molecule has 1 nitrogen and oxygen atoms in total. The van der Waals surface area contributed by atoms with Gasteiger partial charge in [-0.3, -0.25) is 0 Å². The highest BCUT2D eigenvalue weighted by molar-refractivity contribution is 5.79. The average Bonchev–Trinajstić information content (AvgIpc) is 2.90. The first kappa shape index (κ1) is 15.7. The zero-order chi connectivity index (χ0) is 14.1. The fraction of sp³-hybridized carbons (Fsp3) is 0.444. The molecule has 0 saturated heterocycles. The lowest BCUT2D eigenvalue weighted by molar-refractivity contribution is 0.163. The molecule has 0 heterocycles. The lowest BCUT2D eigenvalue weighted by Gasteiger charge is -2.12. The molecule has 0 aliphatic heterocycles. The molecule has 0 bridgehead atoms. The first-order chi connectivity index (χ1) is 9.31. The summed E-state index contributed by atoms with van der Waals surface area (Å²) in [7, 11) is 0. The summed E-state index contributed by atoms with van der Waals surface area (Å²) in [6, 6.07) is 10.4. The molecule has 1 atom stereocenters. The van der Waals surface area contributed by atoms with Gasteiger partial charge in [0.2, 0.25) is 0 Å². The van der Waals surface area contributed by atoms with Crippen molar-refractivity contribution in [3.05, 3.63) is 53.6 Å². The van der Waals surface area contributed by atoms with Crippen LogP contribution in [0.5, 0.6) is 0 Å². The normalized spacial score (nSPS) is 15.2. The molecule has 0 saturated carbocycles. The van der Waals surface area contributed by atoms with Gasteiger partial charge in [0.1, 0.15) is 0 Å². The van der Waals surface area contributed by atoms with Gasteiger partial charge in [-0.25, -0.2) is 0 Å². The van der Waals surface area contributed by atoms with E-state index in [1.165, 1.54) is 16.7 Å². The number of rotatable bonds is 5. The number of hydrogen-bond acceptors (Lipinski definition) is 1. The topological polar surface area (TPSA) is 20.2 Å². The van der Waals surface area contributed by atoms with Gasteiger partial charge in [0, 0.05) is 0 Å². The Balaban J connectivity index is 0.000000861. The Kier molecular flexibility index (Phi) is 7.20. The van der Waals surface area contributed by atoms with Crippen LogP contribution < -0.4 is 0 Å². The molecular weight excluding hydrogens is 232 g/mol. The van der Waals surface area contributed by atoms with Crippen molar-refractivity contribution in [2.75, 3.05) is 0 Å². The summed E-state index contributed by atoms with van der Waals surface area (Å²) in [6.07, 6.45) is 7.93. The molecule has 1 unspecified atom stereocenters. The summed E-state index contributed by atoms with van der Waals surface area (Å²) in [6.45, 7) is 6.11. The van der Waals surface area contributed by atoms with Crippen LogP contribution in [0.15, 0.2) is 48.1 Å². The minimum absolute atomic E-state index is 0.186. The Morgan fingerprint density at radius 3 is 2.47 bits per heavy atom. The van der Waals surface area contributed by atoms with Crippen LogP contribution in [0, 0.1) is 0 Å². The summed E-state index contributed by atoms with van der Waals surface area (Å²) < 4.78 is 0. The van der Waals surface area contributed by atoms with Gasteiger partial charge < -0.3 is 5.11 Å². The monoisotopic (exact) mass is 258 g/mol. The standard InChI is InChI=1S/C16H20O.C2H6/c1-2-7-15(17)12-14-10-6-11-16(14)13-8-4-3-5-9-13;1-2/h3-6,8-9,11,15,17H,2,7,10,12H2,1H3;1-2H3. The molecule has 0 amide bonds. The number of aliphatic hydroxyl groups is 1. The largest absolute Gasteiger partial charge is 0.393 e. The predicted molar refractivity (Wildman–Crippen MR) is 84.0 cm³/mol. The van der Waals surface area contributed by atoms with E-state index in [9.17, 15) is 5.11 Å². The molecule has 1 heteroatoms. The number of aliphatic hydroxyl groups excluding tert-OH is 1. The van der Waals surface area contributed by atoms with Crippen molar-refractivity contribution in [3.63, 3.8) is 0 Å². The zero-order valence-corrected chi connectivity index (χ0v) is 12.4. The van der Waals surface area contributed by atoms with E-state index in [-0.39, 0.29) is 6.10 Å². The molecule has 1 aromatic rings. The van der Waals surface area contributed by atoms with E-state index in [1.807, 2.05) is 19.9 Å². The van der Waals surface area contributed by atoms with E-state index in [2.05, 4.69) is 43.3 Å². The van der Waals surface area contributed by atoms with Gasteiger partial charge in [-0.05, 0) is 30.4 Å². The Bertz CT molecular complexity index is 415. The number of allylic oxidation sites excluding steroid dienone is 3. The highest BCUT2D eigenvalue weighted by atomic mass is 16.3. The van der Waals surface area contributed by atoms with Crippen molar-refractivity contribution in [1.82, 2.24) is 0 Å². The lowest BCUT2D eigenvalue weighted by atomic mass is 9.97. The van der Waals surface area contributed by atoms with Crippen molar-refractivity contribution in [3.8, 4) is 0 Å². The van der Waals surface area contributed by atoms with Crippen LogP contribution in [-0.2, 0) is 0 Å². The van der Waals surface area contributed by atoms with Crippen molar-refractivity contribution < 1.29 is 5.11 Å². The Hall–Kier alpha value is -1.34. The summed E-state index contributed by atoms with van der Waals surface area (Å²) in [5.41, 5.74) is 3.94. The Morgan fingerprint density at radius 1 is 1.16 bits per heavy atom. The SMILES string of the molecule is CC.CCCC(O)CC1=C(c2ccccc2)C=CC1. The van der Waals surface area contributed by atoms with Crippen LogP contribution in [0.2, 0.25) is 0 Å². The molecule has 1 aliphatic rings. The van der Waals surface area contributed by atoms with Crippen molar-refractivity contribution in [1.29, 1.82) is 0 Å². The average molecular weight is 258 g/mol. The summed E-state index contributed by atoms with van der Waals surface area (Å²) in [4.78, 5) is 0. The maximum absolute atomic E-state index is 9.91. The lowest BCUT2D eigenvalue weighted by Crippen LogP contribution is -2.07. The van der Waals surface area contributed by atoms with Crippen LogP contribution in [0.3, 0.4) is 0 Å². The molecule has 1 aliphatic carbocycles. The van der Waals surface area contributed by atoms with E-state index in [4.69, 9.17) is 0 Å². The quantitative estimate of drug-likeness (QED) is 0.790. The maximum Gasteiger partial charge on any atom is 0.0577 e. The zero-order valence-electron chi connectivity index (χ0n) is 12.4. The van der Waals surface area contributed by atoms with Crippen LogP contribution in [0.4, 0.5) is 0 Å². The Morgan fingerprint density at radius 2 is 1.84 bits per heavy atom. The molecule has 0 fully saturated rings. The molecule has 2 rings (SSSR count). The van der Waals surface area contributed by atoms with Crippen LogP contribution in [0.25, 0.3) is 5.57 Å². The second-order valence-corrected chi connectivity index (χ2v) is 4.64. The summed E-state index contributed by atoms with van der Waals surface area (Å²) in [5, 5.41) is 9.91. The van der Waals surface area contributed by atoms with Crippen LogP contribution in [0.1, 0.15) is 52.0 Å². The third-order valence-corrected chi connectivity index (χ3v) is 3.22. The third-order valence-electron chi connectivity index (χ3n) is 3.22. The van der Waals surface area contributed by atoms with E-state index >= 15 is 0 Å². The molecule has 104 valence electrons. The van der Waals surface area contributed by atoms with Crippen molar-refractivity contribution in [2.24, 2.45) is 0 Å². The minimum atomic E-state index is -0.186. The maximum atomic E-state index is 9.91. The fourth-order valence-electron chi connectivity index (χ4n) is 2.38. The first-order valence-corrected chi connectivity index (χ1v) is 7.43. The van der Waals surface area contributed by atoms with Gasteiger partial charge in [-0.15, -0.1) is 0 Å². The molecule has 0 aromatic heterocycles. The van der Waals surface area contributed by atoms with Crippen LogP contribution >= 0.6 is 0 Å². The number of benzene rings is 1. The third kappa shape index (κ3) is 4.68. The smallest absolute Gasteiger partial charge is 0.0577 e. The van der Waals surface area contributed by atoms with E-state index in [1.54, 1.807) is 0 Å². The van der Waals surface area contributed by atoms with Crippen LogP contribution in [-0.4, -0.2) is 11.2 Å². The predicted octanol–water partition coefficient (Wildman–Crippen LogP) is 4.98. The molecule has 1 N–H and O–H groups in total. The van der Waals surface area contributed by atoms with Gasteiger partial charge in [0.25, 0.3) is 0 Å². The van der Waals surface area contributed by atoms with E-state index < -0.39 is 0 Å². The molecule has 19 heavy (non-hydrogen) atoms. The van der Waals surface area contributed by atoms with Gasteiger partial charge in [0.05, 0.1) is 6.10 Å². The van der Waals surface area contributed by atoms with Gasteiger partial charge in [-0.1, -0.05) is 75.2 Å². The Labute approximate surface area is 117 Å². The van der Waals surface area contributed by atoms with E-state index in [0.29, 0.717) is 0 Å². The molecular formula is C18H26O. The highest BCUT2D eigenvalue weighted by Crippen LogP contribution is 2.31. The number of hydrogen-bond donors (Lipinski definition) is 1. The van der Waals surface area contributed by atoms with Gasteiger partial charge in [0.15, 0.2) is 0 Å². The molecule has 1 aromatic carbocycles. The van der Waals surface area contributed by atoms with E-state index in [0.717, 1.165) is 25.7 Å². The highest BCUT2D eigenvalue weighted by Gasteiger charge is 2.14. The fourth-order valence-corrected chi connectivity index (χ4v) is 2.38. The second kappa shape index (κ2) is 8.71. The molecule has 0 radical (unpaired) electrons. The molecule has 0 spiro atoms. The van der Waals surface area contributed by atoms with Crippen molar-refractivity contribution in [2.45, 2.75) is 52.6 Å². The summed E-state index contributed by atoms with van der Waals surface area (Å²) in [5.74, 6) is 0.